The van der Waals surface area contributed by atoms with Gasteiger partial charge in [0.05, 0.1) is 12.2 Å². The van der Waals surface area contributed by atoms with E-state index >= 15 is 0 Å². The molecule has 0 aliphatic heterocycles. The highest BCUT2D eigenvalue weighted by Crippen LogP contribution is 2.27. The van der Waals surface area contributed by atoms with Gasteiger partial charge in [0.15, 0.2) is 0 Å². The predicted octanol–water partition coefficient (Wildman–Crippen LogP) is 3.17. The molecular formula is C17H18N4O2. The zero-order valence-corrected chi connectivity index (χ0v) is 13.1. The molecule has 0 amide bonds. The molecule has 0 radical (unpaired) electrons. The zero-order valence-electron chi connectivity index (χ0n) is 13.1. The number of benzene rings is 1. The van der Waals surface area contributed by atoms with E-state index in [0.29, 0.717) is 30.7 Å². The highest BCUT2D eigenvalue weighted by Gasteiger charge is 2.15. The highest BCUT2D eigenvalue weighted by molar-refractivity contribution is 5.70. The van der Waals surface area contributed by atoms with Crippen LogP contribution in [0.5, 0.6) is 0 Å². The third-order valence-electron chi connectivity index (χ3n) is 3.45. The summed E-state index contributed by atoms with van der Waals surface area (Å²) in [7, 11) is 1.66. The molecule has 0 aliphatic carbocycles. The second-order valence-corrected chi connectivity index (χ2v) is 5.06. The Hall–Kier alpha value is -2.73. The van der Waals surface area contributed by atoms with Crippen molar-refractivity contribution >= 4 is 5.82 Å². The van der Waals surface area contributed by atoms with Crippen molar-refractivity contribution in [2.45, 2.75) is 6.92 Å². The van der Waals surface area contributed by atoms with Gasteiger partial charge in [-0.15, -0.1) is 0 Å². The number of nitrogens with zero attached hydrogens (tertiary/aromatic N) is 3. The third-order valence-corrected chi connectivity index (χ3v) is 3.45. The van der Waals surface area contributed by atoms with Gasteiger partial charge in [0.25, 0.3) is 5.89 Å². The lowest BCUT2D eigenvalue weighted by atomic mass is 10.1. The Balaban J connectivity index is 1.90. The predicted molar refractivity (Wildman–Crippen MR) is 88.1 cm³/mol. The summed E-state index contributed by atoms with van der Waals surface area (Å²) >= 11 is 0. The first-order chi connectivity index (χ1) is 11.3. The van der Waals surface area contributed by atoms with Gasteiger partial charge in [-0.2, -0.15) is 4.98 Å². The molecule has 0 atom stereocenters. The average molecular weight is 310 g/mol. The van der Waals surface area contributed by atoms with Gasteiger partial charge in [-0.1, -0.05) is 29.4 Å². The molecule has 2 heterocycles. The molecule has 1 N–H and O–H groups in total. The van der Waals surface area contributed by atoms with Crippen LogP contribution in [0.4, 0.5) is 5.82 Å². The van der Waals surface area contributed by atoms with Gasteiger partial charge in [0.2, 0.25) is 5.82 Å². The SMILES string of the molecule is COCCNc1ncccc1-c1nc(-c2ccccc2C)no1. The van der Waals surface area contributed by atoms with Gasteiger partial charge < -0.3 is 14.6 Å². The minimum absolute atomic E-state index is 0.441. The molecule has 0 aliphatic rings. The van der Waals surface area contributed by atoms with Crippen molar-refractivity contribution < 1.29 is 9.26 Å². The van der Waals surface area contributed by atoms with Crippen LogP contribution in [0.3, 0.4) is 0 Å². The van der Waals surface area contributed by atoms with Crippen LogP contribution in [0.2, 0.25) is 0 Å². The molecular weight excluding hydrogens is 292 g/mol. The molecule has 0 fully saturated rings. The van der Waals surface area contributed by atoms with Gasteiger partial charge >= 0.3 is 0 Å². The van der Waals surface area contributed by atoms with Gasteiger partial charge in [-0.25, -0.2) is 4.98 Å². The van der Waals surface area contributed by atoms with E-state index in [2.05, 4.69) is 20.4 Å². The maximum absolute atomic E-state index is 5.43. The number of ether oxygens (including phenoxy) is 1. The molecule has 0 spiro atoms. The van der Waals surface area contributed by atoms with Gasteiger partial charge in [-0.3, -0.25) is 0 Å². The van der Waals surface area contributed by atoms with E-state index < -0.39 is 0 Å². The van der Waals surface area contributed by atoms with Gasteiger partial charge in [0, 0.05) is 25.4 Å². The summed E-state index contributed by atoms with van der Waals surface area (Å²) in [6.45, 7) is 3.26. The topological polar surface area (TPSA) is 73.1 Å². The maximum Gasteiger partial charge on any atom is 0.261 e. The Bertz CT molecular complexity index is 786. The lowest BCUT2D eigenvalue weighted by molar-refractivity contribution is 0.210. The lowest BCUT2D eigenvalue weighted by Crippen LogP contribution is -2.09. The first-order valence-electron chi connectivity index (χ1n) is 7.37. The Morgan fingerprint density at radius 1 is 1.13 bits per heavy atom. The van der Waals surface area contributed by atoms with Crippen LogP contribution in [0.15, 0.2) is 47.1 Å². The van der Waals surface area contributed by atoms with E-state index in [9.17, 15) is 0 Å². The standard InChI is InChI=1S/C17H18N4O2/c1-12-6-3-4-7-13(12)16-20-17(23-21-16)14-8-5-9-18-15(14)19-10-11-22-2/h3-9H,10-11H2,1-2H3,(H,18,19). The number of nitrogens with one attached hydrogen (secondary N) is 1. The number of methoxy groups -OCH3 is 1. The minimum Gasteiger partial charge on any atom is -0.383 e. The number of anilines is 1. The smallest absolute Gasteiger partial charge is 0.261 e. The van der Waals surface area contributed by atoms with Crippen molar-refractivity contribution in [3.05, 3.63) is 48.2 Å². The fourth-order valence-corrected chi connectivity index (χ4v) is 2.26. The van der Waals surface area contributed by atoms with Crippen molar-refractivity contribution in [1.82, 2.24) is 15.1 Å². The minimum atomic E-state index is 0.441. The van der Waals surface area contributed by atoms with Crippen LogP contribution >= 0.6 is 0 Å². The van der Waals surface area contributed by atoms with Crippen LogP contribution in [-0.2, 0) is 4.74 Å². The monoisotopic (exact) mass is 310 g/mol. The highest BCUT2D eigenvalue weighted by atomic mass is 16.5. The largest absolute Gasteiger partial charge is 0.383 e. The number of hydrogen-bond donors (Lipinski definition) is 1. The van der Waals surface area contributed by atoms with Crippen LogP contribution in [0, 0.1) is 6.92 Å². The molecule has 0 unspecified atom stereocenters. The molecule has 0 saturated carbocycles. The number of rotatable bonds is 6. The van der Waals surface area contributed by atoms with E-state index in [-0.39, 0.29) is 0 Å². The molecule has 6 nitrogen and oxygen atoms in total. The fourth-order valence-electron chi connectivity index (χ4n) is 2.26. The third kappa shape index (κ3) is 3.37. The Morgan fingerprint density at radius 2 is 1.96 bits per heavy atom. The molecule has 6 heteroatoms. The number of hydrogen-bond acceptors (Lipinski definition) is 6. The van der Waals surface area contributed by atoms with E-state index in [0.717, 1.165) is 16.7 Å². The Labute approximate surface area is 134 Å². The number of aryl methyl sites for hydroxylation is 1. The van der Waals surface area contributed by atoms with E-state index in [1.54, 1.807) is 13.3 Å². The fraction of sp³-hybridized carbons (Fsp3) is 0.235. The molecule has 2 aromatic heterocycles. The van der Waals surface area contributed by atoms with Crippen molar-refractivity contribution in [3.63, 3.8) is 0 Å². The van der Waals surface area contributed by atoms with Crippen molar-refractivity contribution in [2.24, 2.45) is 0 Å². The van der Waals surface area contributed by atoms with Crippen LogP contribution < -0.4 is 5.32 Å². The molecule has 1 aromatic carbocycles. The molecule has 118 valence electrons. The van der Waals surface area contributed by atoms with E-state index in [1.165, 1.54) is 0 Å². The van der Waals surface area contributed by atoms with Gasteiger partial charge in [0.1, 0.15) is 5.82 Å². The quantitative estimate of drug-likeness (QED) is 0.705. The Morgan fingerprint density at radius 3 is 2.78 bits per heavy atom. The summed E-state index contributed by atoms with van der Waals surface area (Å²) in [6, 6.07) is 11.7. The first-order valence-corrected chi connectivity index (χ1v) is 7.37. The average Bonchev–Trinajstić information content (AvgIpc) is 3.05. The summed E-state index contributed by atoms with van der Waals surface area (Å²) < 4.78 is 10.5. The van der Waals surface area contributed by atoms with Crippen LogP contribution in [0.1, 0.15) is 5.56 Å². The summed E-state index contributed by atoms with van der Waals surface area (Å²) in [5.41, 5.74) is 2.83. The van der Waals surface area contributed by atoms with Crippen LogP contribution in [0.25, 0.3) is 22.8 Å². The molecule has 0 bridgehead atoms. The summed E-state index contributed by atoms with van der Waals surface area (Å²) in [5, 5.41) is 7.30. The van der Waals surface area contributed by atoms with Crippen molar-refractivity contribution in [3.8, 4) is 22.8 Å². The molecule has 3 aromatic rings. The number of aromatic nitrogens is 3. The zero-order chi connectivity index (χ0) is 16.1. The van der Waals surface area contributed by atoms with Crippen molar-refractivity contribution in [2.75, 3.05) is 25.6 Å². The van der Waals surface area contributed by atoms with Crippen molar-refractivity contribution in [1.29, 1.82) is 0 Å². The van der Waals surface area contributed by atoms with E-state index in [4.69, 9.17) is 9.26 Å². The molecule has 23 heavy (non-hydrogen) atoms. The second kappa shape index (κ2) is 7.02. The number of pyridine rings is 1. The van der Waals surface area contributed by atoms with Crippen LogP contribution in [-0.4, -0.2) is 35.4 Å². The Kier molecular flexibility index (Phi) is 4.63. The first kappa shape index (κ1) is 15.2. The molecule has 0 saturated heterocycles. The van der Waals surface area contributed by atoms with E-state index in [1.807, 2.05) is 43.3 Å². The molecule has 3 rings (SSSR count). The second-order valence-electron chi connectivity index (χ2n) is 5.06. The maximum atomic E-state index is 5.43. The van der Waals surface area contributed by atoms with Gasteiger partial charge in [-0.05, 0) is 24.6 Å². The normalized spacial score (nSPS) is 10.7. The lowest BCUT2D eigenvalue weighted by Gasteiger charge is -2.07. The summed E-state index contributed by atoms with van der Waals surface area (Å²) in [5.74, 6) is 1.71. The summed E-state index contributed by atoms with van der Waals surface area (Å²) in [6.07, 6.45) is 1.72. The summed E-state index contributed by atoms with van der Waals surface area (Å²) in [4.78, 5) is 8.84.